The molecular formula is C22H18FN3O2. The van der Waals surface area contributed by atoms with E-state index in [0.29, 0.717) is 17.1 Å². The van der Waals surface area contributed by atoms with Crippen LogP contribution in [0.15, 0.2) is 66.7 Å². The van der Waals surface area contributed by atoms with E-state index in [1.165, 1.54) is 6.07 Å². The van der Waals surface area contributed by atoms with E-state index in [2.05, 4.69) is 15.5 Å². The molecule has 0 radical (unpaired) electrons. The number of nitrogens with zero attached hydrogens (tertiary/aromatic N) is 1. The Morgan fingerprint density at radius 1 is 1.11 bits per heavy atom. The second-order valence-electron chi connectivity index (χ2n) is 6.39. The molecule has 2 N–H and O–H groups in total. The number of aromatic nitrogens is 2. The van der Waals surface area contributed by atoms with Crippen molar-refractivity contribution in [1.29, 1.82) is 0 Å². The fourth-order valence-electron chi connectivity index (χ4n) is 3.12. The molecule has 1 heterocycles. The van der Waals surface area contributed by atoms with Crippen LogP contribution in [0.5, 0.6) is 5.75 Å². The maximum atomic E-state index is 14.0. The smallest absolute Gasteiger partial charge is 0.230 e. The average Bonchev–Trinajstić information content (AvgIpc) is 3.10. The molecule has 0 bridgehead atoms. The van der Waals surface area contributed by atoms with E-state index >= 15 is 0 Å². The molecule has 0 saturated carbocycles. The molecule has 0 aliphatic carbocycles. The lowest BCUT2D eigenvalue weighted by molar-refractivity contribution is -0.115. The molecule has 0 aliphatic heterocycles. The zero-order chi connectivity index (χ0) is 19.5. The van der Waals surface area contributed by atoms with Crippen LogP contribution in [0.1, 0.15) is 5.56 Å². The molecule has 0 aliphatic rings. The van der Waals surface area contributed by atoms with Crippen molar-refractivity contribution in [3.8, 4) is 16.9 Å². The second kappa shape index (κ2) is 7.52. The van der Waals surface area contributed by atoms with Crippen molar-refractivity contribution in [3.05, 3.63) is 78.1 Å². The van der Waals surface area contributed by atoms with Crippen molar-refractivity contribution in [2.75, 3.05) is 12.4 Å². The summed E-state index contributed by atoms with van der Waals surface area (Å²) in [4.78, 5) is 12.4. The van der Waals surface area contributed by atoms with Gasteiger partial charge in [0.25, 0.3) is 0 Å². The molecule has 0 fully saturated rings. The van der Waals surface area contributed by atoms with Crippen molar-refractivity contribution in [3.63, 3.8) is 0 Å². The fourth-order valence-corrected chi connectivity index (χ4v) is 3.12. The van der Waals surface area contributed by atoms with Gasteiger partial charge in [-0.05, 0) is 41.5 Å². The van der Waals surface area contributed by atoms with E-state index in [9.17, 15) is 9.18 Å². The number of hydrogen-bond acceptors (Lipinski definition) is 3. The molecule has 1 amide bonds. The lowest BCUT2D eigenvalue weighted by atomic mass is 10.0. The van der Waals surface area contributed by atoms with Gasteiger partial charge in [-0.2, -0.15) is 5.10 Å². The third-order valence-corrected chi connectivity index (χ3v) is 4.50. The van der Waals surface area contributed by atoms with Gasteiger partial charge in [0.15, 0.2) is 5.82 Å². The first kappa shape index (κ1) is 17.7. The van der Waals surface area contributed by atoms with E-state index < -0.39 is 0 Å². The summed E-state index contributed by atoms with van der Waals surface area (Å²) in [6.07, 6.45) is 0.207. The number of amides is 1. The first-order valence-corrected chi connectivity index (χ1v) is 8.80. The van der Waals surface area contributed by atoms with Crippen molar-refractivity contribution >= 4 is 22.6 Å². The van der Waals surface area contributed by atoms with Crippen LogP contribution >= 0.6 is 0 Å². The van der Waals surface area contributed by atoms with Crippen LogP contribution in [-0.4, -0.2) is 23.2 Å². The Morgan fingerprint density at radius 3 is 2.79 bits per heavy atom. The summed E-state index contributed by atoms with van der Waals surface area (Å²) < 4.78 is 19.2. The molecule has 3 aromatic carbocycles. The highest BCUT2D eigenvalue weighted by Crippen LogP contribution is 2.28. The van der Waals surface area contributed by atoms with E-state index in [1.54, 1.807) is 25.3 Å². The van der Waals surface area contributed by atoms with Gasteiger partial charge >= 0.3 is 0 Å². The Labute approximate surface area is 161 Å². The molecule has 0 spiro atoms. The number of carbonyl (C=O) groups is 1. The highest BCUT2D eigenvalue weighted by Gasteiger charge is 2.12. The summed E-state index contributed by atoms with van der Waals surface area (Å²) in [6.45, 7) is 0. The lowest BCUT2D eigenvalue weighted by Crippen LogP contribution is -2.14. The third-order valence-electron chi connectivity index (χ3n) is 4.50. The van der Waals surface area contributed by atoms with Crippen LogP contribution < -0.4 is 10.1 Å². The number of carbonyl (C=O) groups excluding carboxylic acids is 1. The number of ether oxygens (including phenoxy) is 1. The van der Waals surface area contributed by atoms with Gasteiger partial charge in [-0.25, -0.2) is 4.39 Å². The van der Waals surface area contributed by atoms with Crippen LogP contribution in [0.25, 0.3) is 22.0 Å². The van der Waals surface area contributed by atoms with Gasteiger partial charge in [-0.1, -0.05) is 36.4 Å². The van der Waals surface area contributed by atoms with Crippen LogP contribution in [0.3, 0.4) is 0 Å². The molecule has 4 aromatic rings. The van der Waals surface area contributed by atoms with Crippen molar-refractivity contribution < 1.29 is 13.9 Å². The van der Waals surface area contributed by atoms with Gasteiger partial charge in [-0.3, -0.25) is 9.89 Å². The van der Waals surface area contributed by atoms with Crippen molar-refractivity contribution in [2.24, 2.45) is 0 Å². The standard InChI is InChI=1S/C22H18FN3O2/c1-28-16-6-4-5-14(11-16)12-21(27)24-22-18-10-9-15(13-20(18)25-26-22)17-7-2-3-8-19(17)23/h2-11,13H,12H2,1H3,(H2,24,25,26,27). The van der Waals surface area contributed by atoms with Gasteiger partial charge in [-0.15, -0.1) is 0 Å². The number of fused-ring (bicyclic) bond motifs is 1. The lowest BCUT2D eigenvalue weighted by Gasteiger charge is -2.06. The molecule has 4 rings (SSSR count). The molecule has 6 heteroatoms. The zero-order valence-electron chi connectivity index (χ0n) is 15.2. The summed E-state index contributed by atoms with van der Waals surface area (Å²) in [6, 6.07) is 19.4. The van der Waals surface area contributed by atoms with Crippen LogP contribution in [0, 0.1) is 5.82 Å². The highest BCUT2D eigenvalue weighted by molar-refractivity contribution is 6.01. The van der Waals surface area contributed by atoms with Gasteiger partial charge < -0.3 is 10.1 Å². The van der Waals surface area contributed by atoms with Gasteiger partial charge in [0.05, 0.1) is 19.0 Å². The first-order valence-electron chi connectivity index (χ1n) is 8.80. The predicted octanol–water partition coefficient (Wildman–Crippen LogP) is 4.56. The Bertz CT molecular complexity index is 1150. The predicted molar refractivity (Wildman–Crippen MR) is 107 cm³/mol. The topological polar surface area (TPSA) is 67.0 Å². The molecule has 5 nitrogen and oxygen atoms in total. The van der Waals surface area contributed by atoms with Gasteiger partial charge in [0.2, 0.25) is 5.91 Å². The zero-order valence-corrected chi connectivity index (χ0v) is 15.2. The minimum atomic E-state index is -0.284. The second-order valence-corrected chi connectivity index (χ2v) is 6.39. The number of H-pyrrole nitrogens is 1. The molecule has 0 atom stereocenters. The number of nitrogens with one attached hydrogen (secondary N) is 2. The maximum absolute atomic E-state index is 14.0. The number of benzene rings is 3. The maximum Gasteiger partial charge on any atom is 0.230 e. The molecule has 0 unspecified atom stereocenters. The van der Waals surface area contributed by atoms with E-state index in [-0.39, 0.29) is 18.1 Å². The average molecular weight is 375 g/mol. The number of anilines is 1. The van der Waals surface area contributed by atoms with E-state index in [1.807, 2.05) is 42.5 Å². The van der Waals surface area contributed by atoms with Gasteiger partial charge in [0.1, 0.15) is 11.6 Å². The quantitative estimate of drug-likeness (QED) is 0.537. The number of hydrogen-bond donors (Lipinski definition) is 2. The largest absolute Gasteiger partial charge is 0.497 e. The van der Waals surface area contributed by atoms with Crippen LogP contribution in [0.4, 0.5) is 10.2 Å². The number of methoxy groups -OCH3 is 1. The van der Waals surface area contributed by atoms with Crippen molar-refractivity contribution in [2.45, 2.75) is 6.42 Å². The third kappa shape index (κ3) is 3.57. The molecule has 0 saturated heterocycles. The summed E-state index contributed by atoms with van der Waals surface area (Å²) in [5, 5.41) is 10.7. The summed E-state index contributed by atoms with van der Waals surface area (Å²) >= 11 is 0. The Balaban J connectivity index is 1.55. The minimum absolute atomic E-state index is 0.181. The first-order chi connectivity index (χ1) is 13.6. The van der Waals surface area contributed by atoms with E-state index in [4.69, 9.17) is 4.74 Å². The molecule has 140 valence electrons. The minimum Gasteiger partial charge on any atom is -0.497 e. The van der Waals surface area contributed by atoms with Crippen LogP contribution in [-0.2, 0) is 11.2 Å². The summed E-state index contributed by atoms with van der Waals surface area (Å²) in [5.74, 6) is 0.687. The van der Waals surface area contributed by atoms with Crippen LogP contribution in [0.2, 0.25) is 0 Å². The SMILES string of the molecule is COc1cccc(CC(=O)Nc2n[nH]c3cc(-c4ccccc4F)ccc23)c1. The van der Waals surface area contributed by atoms with Gasteiger partial charge in [0, 0.05) is 10.9 Å². The highest BCUT2D eigenvalue weighted by atomic mass is 19.1. The molecule has 1 aromatic heterocycles. The number of rotatable bonds is 5. The monoisotopic (exact) mass is 375 g/mol. The van der Waals surface area contributed by atoms with Crippen molar-refractivity contribution in [1.82, 2.24) is 10.2 Å². The Kier molecular flexibility index (Phi) is 4.76. The fraction of sp³-hybridized carbons (Fsp3) is 0.0909. The molecular weight excluding hydrogens is 357 g/mol. The van der Waals surface area contributed by atoms with E-state index in [0.717, 1.165) is 22.0 Å². The Hall–Kier alpha value is -3.67. The summed E-state index contributed by atoms with van der Waals surface area (Å²) in [7, 11) is 1.59. The molecule has 28 heavy (non-hydrogen) atoms. The number of aromatic amines is 1. The normalized spacial score (nSPS) is 10.8. The Morgan fingerprint density at radius 2 is 1.96 bits per heavy atom. The number of halogens is 1. The summed E-state index contributed by atoms with van der Waals surface area (Å²) in [5.41, 5.74) is 2.82.